The van der Waals surface area contributed by atoms with Gasteiger partial charge in [0.05, 0.1) is 0 Å². The van der Waals surface area contributed by atoms with Crippen LogP contribution in [0.3, 0.4) is 0 Å². The molecule has 6 heteroatoms. The van der Waals surface area contributed by atoms with Crippen LogP contribution in [0.4, 0.5) is 5.69 Å². The lowest BCUT2D eigenvalue weighted by atomic mass is 10.2. The molecule has 24 heavy (non-hydrogen) atoms. The number of likely N-dealkylation sites (tertiary alicyclic amines) is 1. The molecule has 0 bridgehead atoms. The van der Waals surface area contributed by atoms with Gasteiger partial charge in [0.1, 0.15) is 0 Å². The average molecular weight is 321 g/mol. The Labute approximate surface area is 140 Å². The smallest absolute Gasteiger partial charge is 0.276 e. The van der Waals surface area contributed by atoms with Crippen molar-refractivity contribution in [2.75, 3.05) is 18.4 Å². The third-order valence-corrected chi connectivity index (χ3v) is 4.26. The maximum atomic E-state index is 12.4. The molecule has 4 rings (SSSR count). The molecule has 0 radical (unpaired) electrons. The van der Waals surface area contributed by atoms with Gasteiger partial charge in [-0.1, -0.05) is 12.1 Å². The first-order chi connectivity index (χ1) is 11.8. The van der Waals surface area contributed by atoms with E-state index in [-0.39, 0.29) is 5.91 Å². The summed E-state index contributed by atoms with van der Waals surface area (Å²) in [5, 5.41) is 7.17. The molecule has 1 amide bonds. The van der Waals surface area contributed by atoms with E-state index in [2.05, 4.69) is 26.4 Å². The Hall–Kier alpha value is -2.73. The maximum absolute atomic E-state index is 12.4. The number of nitrogens with one attached hydrogen (secondary N) is 1. The Morgan fingerprint density at radius 2 is 2.04 bits per heavy atom. The zero-order valence-electron chi connectivity index (χ0n) is 13.4. The number of amides is 1. The van der Waals surface area contributed by atoms with Crippen molar-refractivity contribution in [3.05, 3.63) is 60.0 Å². The highest BCUT2D eigenvalue weighted by Crippen LogP contribution is 2.17. The van der Waals surface area contributed by atoms with Crippen molar-refractivity contribution < 1.29 is 4.79 Å². The van der Waals surface area contributed by atoms with E-state index < -0.39 is 0 Å². The zero-order chi connectivity index (χ0) is 16.4. The second-order valence-electron chi connectivity index (χ2n) is 6.09. The molecule has 1 saturated heterocycles. The van der Waals surface area contributed by atoms with Gasteiger partial charge in [-0.15, -0.1) is 0 Å². The number of fused-ring (bicyclic) bond motifs is 1. The molecule has 3 aromatic rings. The third kappa shape index (κ3) is 3.14. The lowest BCUT2D eigenvalue weighted by Crippen LogP contribution is -2.18. The summed E-state index contributed by atoms with van der Waals surface area (Å²) in [5.41, 5.74) is 3.03. The highest BCUT2D eigenvalue weighted by atomic mass is 16.1. The van der Waals surface area contributed by atoms with Gasteiger partial charge in [0.25, 0.3) is 5.91 Å². The summed E-state index contributed by atoms with van der Waals surface area (Å²) in [4.78, 5) is 19.0. The number of aromatic nitrogens is 3. The van der Waals surface area contributed by atoms with Crippen molar-refractivity contribution in [1.82, 2.24) is 19.5 Å². The minimum atomic E-state index is -0.223. The number of hydrogen-bond acceptors (Lipinski definition) is 4. The number of hydrogen-bond donors (Lipinski definition) is 1. The molecule has 1 aromatic carbocycles. The first-order valence-corrected chi connectivity index (χ1v) is 8.21. The zero-order valence-corrected chi connectivity index (χ0v) is 13.4. The molecule has 1 aliphatic rings. The minimum absolute atomic E-state index is 0.223. The van der Waals surface area contributed by atoms with Crippen LogP contribution in [0.2, 0.25) is 0 Å². The fourth-order valence-corrected chi connectivity index (χ4v) is 3.08. The van der Waals surface area contributed by atoms with Crippen molar-refractivity contribution in [1.29, 1.82) is 0 Å². The van der Waals surface area contributed by atoms with Crippen molar-refractivity contribution in [2.24, 2.45) is 0 Å². The summed E-state index contributed by atoms with van der Waals surface area (Å²) < 4.78 is 1.60. The Morgan fingerprint density at radius 3 is 2.88 bits per heavy atom. The molecule has 2 aromatic heterocycles. The van der Waals surface area contributed by atoms with Gasteiger partial charge in [0, 0.05) is 30.7 Å². The van der Waals surface area contributed by atoms with Crippen LogP contribution in [0.5, 0.6) is 0 Å². The molecule has 1 fully saturated rings. The molecule has 0 saturated carbocycles. The molecule has 1 aliphatic heterocycles. The molecule has 3 heterocycles. The number of nitrogens with zero attached hydrogens (tertiary/aromatic N) is 4. The number of benzene rings is 1. The highest BCUT2D eigenvalue weighted by Gasteiger charge is 2.14. The number of carbonyl (C=O) groups is 1. The average Bonchev–Trinajstić information content (AvgIpc) is 3.24. The Kier molecular flexibility index (Phi) is 3.96. The predicted octanol–water partition coefficient (Wildman–Crippen LogP) is 2.58. The van der Waals surface area contributed by atoms with Gasteiger partial charge in [-0.2, -0.15) is 5.10 Å². The van der Waals surface area contributed by atoms with Gasteiger partial charge in [-0.05, 0) is 49.7 Å². The monoisotopic (exact) mass is 321 g/mol. The normalized spacial score (nSPS) is 15.0. The van der Waals surface area contributed by atoms with Crippen molar-refractivity contribution in [3.8, 4) is 0 Å². The Bertz CT molecular complexity index is 833. The van der Waals surface area contributed by atoms with E-state index in [1.54, 1.807) is 29.0 Å². The van der Waals surface area contributed by atoms with Crippen LogP contribution in [-0.4, -0.2) is 38.5 Å². The summed E-state index contributed by atoms with van der Waals surface area (Å²) >= 11 is 0. The molecule has 0 atom stereocenters. The van der Waals surface area contributed by atoms with E-state index >= 15 is 0 Å². The largest absolute Gasteiger partial charge is 0.321 e. The van der Waals surface area contributed by atoms with Crippen LogP contribution >= 0.6 is 0 Å². The molecule has 1 N–H and O–H groups in total. The standard InChI is InChI=1S/C18H19N5O/c24-18(16-12-17-19-7-4-10-23(17)21-16)20-15-6-3-5-14(11-15)13-22-8-1-2-9-22/h3-7,10-12H,1-2,8-9,13H2,(H,20,24). The quantitative estimate of drug-likeness (QED) is 0.802. The van der Waals surface area contributed by atoms with E-state index in [1.807, 2.05) is 18.2 Å². The summed E-state index contributed by atoms with van der Waals surface area (Å²) in [6, 6.07) is 11.5. The summed E-state index contributed by atoms with van der Waals surface area (Å²) in [5.74, 6) is -0.223. The van der Waals surface area contributed by atoms with Gasteiger partial charge in [0.15, 0.2) is 11.3 Å². The topological polar surface area (TPSA) is 62.5 Å². The van der Waals surface area contributed by atoms with Crippen LogP contribution in [0, 0.1) is 0 Å². The predicted molar refractivity (Wildman–Crippen MR) is 91.9 cm³/mol. The maximum Gasteiger partial charge on any atom is 0.276 e. The first kappa shape index (κ1) is 14.8. The fraction of sp³-hybridized carbons (Fsp3) is 0.278. The summed E-state index contributed by atoms with van der Waals surface area (Å²) in [7, 11) is 0. The second-order valence-corrected chi connectivity index (χ2v) is 6.09. The molecular weight excluding hydrogens is 302 g/mol. The number of rotatable bonds is 4. The third-order valence-electron chi connectivity index (χ3n) is 4.26. The van der Waals surface area contributed by atoms with Gasteiger partial charge in [-0.25, -0.2) is 9.50 Å². The van der Waals surface area contributed by atoms with E-state index in [4.69, 9.17) is 0 Å². The van der Waals surface area contributed by atoms with E-state index in [0.29, 0.717) is 11.3 Å². The molecule has 0 unspecified atom stereocenters. The minimum Gasteiger partial charge on any atom is -0.321 e. The molecule has 0 spiro atoms. The van der Waals surface area contributed by atoms with E-state index in [0.717, 1.165) is 25.3 Å². The van der Waals surface area contributed by atoms with Crippen molar-refractivity contribution in [3.63, 3.8) is 0 Å². The highest BCUT2D eigenvalue weighted by molar-refractivity contribution is 6.03. The SMILES string of the molecule is O=C(Nc1cccc(CN2CCCC2)c1)c1cc2ncccn2n1. The number of anilines is 1. The van der Waals surface area contributed by atoms with Crippen LogP contribution in [-0.2, 0) is 6.54 Å². The van der Waals surface area contributed by atoms with Gasteiger partial charge >= 0.3 is 0 Å². The summed E-state index contributed by atoms with van der Waals surface area (Å²) in [6.07, 6.45) is 6.01. The van der Waals surface area contributed by atoms with Crippen molar-refractivity contribution >= 4 is 17.2 Å². The molecular formula is C18H19N5O. The first-order valence-electron chi connectivity index (χ1n) is 8.21. The second kappa shape index (κ2) is 6.41. The van der Waals surface area contributed by atoms with Crippen LogP contribution in [0.25, 0.3) is 5.65 Å². The van der Waals surface area contributed by atoms with E-state index in [1.165, 1.54) is 18.4 Å². The fourth-order valence-electron chi connectivity index (χ4n) is 3.08. The molecule has 122 valence electrons. The lowest BCUT2D eigenvalue weighted by molar-refractivity contribution is 0.102. The van der Waals surface area contributed by atoms with Crippen LogP contribution in [0.1, 0.15) is 28.9 Å². The molecule has 6 nitrogen and oxygen atoms in total. The van der Waals surface area contributed by atoms with Gasteiger partial charge in [0.2, 0.25) is 0 Å². The van der Waals surface area contributed by atoms with Crippen LogP contribution in [0.15, 0.2) is 48.8 Å². The van der Waals surface area contributed by atoms with Crippen LogP contribution < -0.4 is 5.32 Å². The van der Waals surface area contributed by atoms with Gasteiger partial charge < -0.3 is 5.32 Å². The molecule has 0 aliphatic carbocycles. The van der Waals surface area contributed by atoms with Gasteiger partial charge in [-0.3, -0.25) is 9.69 Å². The summed E-state index contributed by atoms with van der Waals surface area (Å²) in [6.45, 7) is 3.25. The lowest BCUT2D eigenvalue weighted by Gasteiger charge is -2.15. The Balaban J connectivity index is 1.48. The number of carbonyl (C=O) groups excluding carboxylic acids is 1. The van der Waals surface area contributed by atoms with Crippen molar-refractivity contribution in [2.45, 2.75) is 19.4 Å². The Morgan fingerprint density at radius 1 is 1.17 bits per heavy atom. The van der Waals surface area contributed by atoms with E-state index in [9.17, 15) is 4.79 Å².